The number of hydrogen-bond acceptors (Lipinski definition) is 4. The number of benzene rings is 1. The molecule has 7 heteroatoms. The second-order valence-corrected chi connectivity index (χ2v) is 6.22. The molecule has 1 amide bonds. The van der Waals surface area contributed by atoms with Crippen LogP contribution >= 0.6 is 15.9 Å². The van der Waals surface area contributed by atoms with Crippen molar-refractivity contribution < 1.29 is 24.2 Å². The van der Waals surface area contributed by atoms with E-state index in [4.69, 9.17) is 14.6 Å². The van der Waals surface area contributed by atoms with Gasteiger partial charge in [0.25, 0.3) is 0 Å². The molecule has 0 heterocycles. The molecule has 6 nitrogen and oxygen atoms in total. The average molecular weight is 400 g/mol. The summed E-state index contributed by atoms with van der Waals surface area (Å²) < 4.78 is 11.5. The lowest BCUT2D eigenvalue weighted by Gasteiger charge is -2.16. The number of aliphatic carboxylic acids is 1. The van der Waals surface area contributed by atoms with E-state index in [1.165, 1.54) is 13.2 Å². The number of carbonyl (C=O) groups excluding carboxylic acids is 1. The molecule has 0 spiro atoms. The van der Waals surface area contributed by atoms with E-state index in [0.717, 1.165) is 0 Å². The van der Waals surface area contributed by atoms with E-state index in [2.05, 4.69) is 21.2 Å². The Hall–Kier alpha value is -2.02. The highest BCUT2D eigenvalue weighted by molar-refractivity contribution is 9.10. The molecular formula is C17H22BrNO5. The maximum atomic E-state index is 11.9. The van der Waals surface area contributed by atoms with Gasteiger partial charge in [0, 0.05) is 6.08 Å². The Bertz CT molecular complexity index is 628. The molecule has 2 N–H and O–H groups in total. The largest absolute Gasteiger partial charge is 0.493 e. The predicted octanol–water partition coefficient (Wildman–Crippen LogP) is 3.10. The number of amides is 1. The zero-order valence-electron chi connectivity index (χ0n) is 14.1. The molecule has 132 valence electrons. The van der Waals surface area contributed by atoms with E-state index in [9.17, 15) is 9.59 Å². The van der Waals surface area contributed by atoms with Crippen LogP contribution in [0.5, 0.6) is 11.5 Å². The minimum absolute atomic E-state index is 0.209. The van der Waals surface area contributed by atoms with Crippen LogP contribution in [0.2, 0.25) is 0 Å². The third-order valence-electron chi connectivity index (χ3n) is 3.20. The summed E-state index contributed by atoms with van der Waals surface area (Å²) in [5.41, 5.74) is 0.716. The van der Waals surface area contributed by atoms with Crippen LogP contribution in [0.3, 0.4) is 0 Å². The van der Waals surface area contributed by atoms with Crippen molar-refractivity contribution in [3.05, 3.63) is 28.2 Å². The Balaban J connectivity index is 2.92. The molecule has 0 aliphatic heterocycles. The van der Waals surface area contributed by atoms with Crippen LogP contribution in [0.1, 0.15) is 26.3 Å². The van der Waals surface area contributed by atoms with E-state index < -0.39 is 17.9 Å². The molecule has 0 bridgehead atoms. The molecule has 0 saturated heterocycles. The first-order chi connectivity index (χ1) is 11.3. The number of rotatable bonds is 8. The number of ether oxygens (including phenoxy) is 2. The predicted molar refractivity (Wildman–Crippen MR) is 95.3 cm³/mol. The maximum Gasteiger partial charge on any atom is 0.326 e. The smallest absolute Gasteiger partial charge is 0.326 e. The van der Waals surface area contributed by atoms with Crippen molar-refractivity contribution in [1.82, 2.24) is 5.32 Å². The van der Waals surface area contributed by atoms with Crippen molar-refractivity contribution >= 4 is 33.9 Å². The SMILES string of the molecule is CCOc1c(Br)cc(/C=C/C(=O)NC(C(=O)O)C(C)C)cc1OC. The van der Waals surface area contributed by atoms with Crippen LogP contribution in [-0.4, -0.2) is 36.7 Å². The van der Waals surface area contributed by atoms with E-state index >= 15 is 0 Å². The molecule has 0 radical (unpaired) electrons. The third kappa shape index (κ3) is 5.56. The lowest BCUT2D eigenvalue weighted by molar-refractivity contribution is -0.142. The zero-order valence-corrected chi connectivity index (χ0v) is 15.7. The zero-order chi connectivity index (χ0) is 18.3. The highest BCUT2D eigenvalue weighted by Gasteiger charge is 2.22. The first-order valence-electron chi connectivity index (χ1n) is 7.51. The van der Waals surface area contributed by atoms with Crippen LogP contribution in [0.4, 0.5) is 0 Å². The van der Waals surface area contributed by atoms with Gasteiger partial charge in [0.05, 0.1) is 18.2 Å². The molecule has 0 aliphatic carbocycles. The average Bonchev–Trinajstić information content (AvgIpc) is 2.52. The van der Waals surface area contributed by atoms with Crippen molar-refractivity contribution in [2.75, 3.05) is 13.7 Å². The summed E-state index contributed by atoms with van der Waals surface area (Å²) in [5, 5.41) is 11.6. The van der Waals surface area contributed by atoms with Gasteiger partial charge in [-0.2, -0.15) is 0 Å². The van der Waals surface area contributed by atoms with E-state index in [1.807, 2.05) is 6.92 Å². The molecule has 1 aromatic carbocycles. The number of carbonyl (C=O) groups is 2. The fourth-order valence-electron chi connectivity index (χ4n) is 2.01. The van der Waals surface area contributed by atoms with Crippen molar-refractivity contribution in [3.8, 4) is 11.5 Å². The highest BCUT2D eigenvalue weighted by atomic mass is 79.9. The lowest BCUT2D eigenvalue weighted by Crippen LogP contribution is -2.43. The Morgan fingerprint density at radius 3 is 2.54 bits per heavy atom. The van der Waals surface area contributed by atoms with E-state index in [0.29, 0.717) is 28.1 Å². The first kappa shape index (κ1) is 20.0. The van der Waals surface area contributed by atoms with Gasteiger partial charge in [-0.3, -0.25) is 4.79 Å². The van der Waals surface area contributed by atoms with Gasteiger partial charge in [-0.1, -0.05) is 13.8 Å². The van der Waals surface area contributed by atoms with Gasteiger partial charge >= 0.3 is 5.97 Å². The van der Waals surface area contributed by atoms with Gasteiger partial charge in [-0.05, 0) is 52.5 Å². The molecule has 1 atom stereocenters. The number of halogens is 1. The monoisotopic (exact) mass is 399 g/mol. The molecule has 0 saturated carbocycles. The lowest BCUT2D eigenvalue weighted by atomic mass is 10.0. The molecule has 1 rings (SSSR count). The standard InChI is InChI=1S/C17H22BrNO5/c1-5-24-16-12(18)8-11(9-13(16)23-4)6-7-14(20)19-15(10(2)3)17(21)22/h6-10,15H,5H2,1-4H3,(H,19,20)(H,21,22)/b7-6+. The quantitative estimate of drug-likeness (QED) is 0.656. The van der Waals surface area contributed by atoms with Crippen LogP contribution in [-0.2, 0) is 9.59 Å². The van der Waals surface area contributed by atoms with Crippen molar-refractivity contribution in [3.63, 3.8) is 0 Å². The van der Waals surface area contributed by atoms with Crippen LogP contribution in [0.25, 0.3) is 6.08 Å². The summed E-state index contributed by atoms with van der Waals surface area (Å²) in [6.07, 6.45) is 2.87. The molecular weight excluding hydrogens is 378 g/mol. The molecule has 0 fully saturated rings. The van der Waals surface area contributed by atoms with Gasteiger partial charge in [0.2, 0.25) is 5.91 Å². The minimum atomic E-state index is -1.06. The van der Waals surface area contributed by atoms with Gasteiger partial charge < -0.3 is 19.9 Å². The van der Waals surface area contributed by atoms with Gasteiger partial charge in [-0.15, -0.1) is 0 Å². The van der Waals surface area contributed by atoms with Gasteiger partial charge in [0.15, 0.2) is 11.5 Å². The Kier molecular flexibility index (Phi) is 7.78. The fourth-order valence-corrected chi connectivity index (χ4v) is 2.58. The molecule has 0 aromatic heterocycles. The van der Waals surface area contributed by atoms with Crippen LogP contribution in [0, 0.1) is 5.92 Å². The van der Waals surface area contributed by atoms with Crippen LogP contribution < -0.4 is 14.8 Å². The summed E-state index contributed by atoms with van der Waals surface area (Å²) >= 11 is 3.41. The normalized spacial score (nSPS) is 12.2. The fraction of sp³-hybridized carbons (Fsp3) is 0.412. The summed E-state index contributed by atoms with van der Waals surface area (Å²) in [7, 11) is 1.53. The maximum absolute atomic E-state index is 11.9. The van der Waals surface area contributed by atoms with Crippen molar-refractivity contribution in [2.45, 2.75) is 26.8 Å². The van der Waals surface area contributed by atoms with Crippen molar-refractivity contribution in [2.24, 2.45) is 5.92 Å². The third-order valence-corrected chi connectivity index (χ3v) is 3.79. The molecule has 1 aromatic rings. The number of carboxylic acid groups (broad SMARTS) is 1. The Morgan fingerprint density at radius 2 is 2.04 bits per heavy atom. The molecule has 24 heavy (non-hydrogen) atoms. The first-order valence-corrected chi connectivity index (χ1v) is 8.31. The van der Waals surface area contributed by atoms with Crippen molar-refractivity contribution in [1.29, 1.82) is 0 Å². The topological polar surface area (TPSA) is 84.9 Å². The number of methoxy groups -OCH3 is 1. The highest BCUT2D eigenvalue weighted by Crippen LogP contribution is 2.36. The molecule has 0 aliphatic rings. The second-order valence-electron chi connectivity index (χ2n) is 5.37. The molecule has 1 unspecified atom stereocenters. The summed E-state index contributed by atoms with van der Waals surface area (Å²) in [4.78, 5) is 23.0. The summed E-state index contributed by atoms with van der Waals surface area (Å²) in [5.74, 6) is -0.610. The van der Waals surface area contributed by atoms with E-state index in [-0.39, 0.29) is 5.92 Å². The number of carboxylic acids is 1. The number of nitrogens with one attached hydrogen (secondary N) is 1. The Morgan fingerprint density at radius 1 is 1.38 bits per heavy atom. The van der Waals surface area contributed by atoms with Crippen LogP contribution in [0.15, 0.2) is 22.7 Å². The van der Waals surface area contributed by atoms with Gasteiger partial charge in [0.1, 0.15) is 6.04 Å². The van der Waals surface area contributed by atoms with Gasteiger partial charge in [-0.25, -0.2) is 4.79 Å². The Labute approximate surface area is 150 Å². The summed E-state index contributed by atoms with van der Waals surface area (Å²) in [6.45, 7) is 5.84. The second kappa shape index (κ2) is 9.32. The minimum Gasteiger partial charge on any atom is -0.493 e. The number of hydrogen-bond donors (Lipinski definition) is 2. The van der Waals surface area contributed by atoms with E-state index in [1.54, 1.807) is 32.1 Å². The summed E-state index contributed by atoms with van der Waals surface area (Å²) in [6, 6.07) is 2.59.